The van der Waals surface area contributed by atoms with E-state index in [-0.39, 0.29) is 17.6 Å². The molecule has 0 saturated heterocycles. The van der Waals surface area contributed by atoms with Crippen molar-refractivity contribution in [1.29, 1.82) is 0 Å². The summed E-state index contributed by atoms with van der Waals surface area (Å²) in [6.45, 7) is 1.21. The van der Waals surface area contributed by atoms with Gasteiger partial charge in [-0.1, -0.05) is 48.0 Å². The van der Waals surface area contributed by atoms with E-state index in [0.717, 1.165) is 18.4 Å². The summed E-state index contributed by atoms with van der Waals surface area (Å²) >= 11 is 6.11. The molecule has 1 saturated carbocycles. The second-order valence-electron chi connectivity index (χ2n) is 8.39. The molecule has 2 aliphatic rings. The number of alkyl halides is 1. The zero-order chi connectivity index (χ0) is 22.3. The fourth-order valence-electron chi connectivity index (χ4n) is 4.06. The highest BCUT2D eigenvalue weighted by Gasteiger charge is 2.43. The minimum atomic E-state index is -2.24. The molecule has 1 amide bonds. The highest BCUT2D eigenvalue weighted by molar-refractivity contribution is 6.30. The van der Waals surface area contributed by atoms with Crippen LogP contribution in [0.25, 0.3) is 0 Å². The van der Waals surface area contributed by atoms with Crippen LogP contribution in [0.4, 0.5) is 4.39 Å². The Labute approximate surface area is 190 Å². The van der Waals surface area contributed by atoms with Crippen molar-refractivity contribution < 1.29 is 18.7 Å². The van der Waals surface area contributed by atoms with Crippen molar-refractivity contribution in [3.8, 4) is 11.5 Å². The number of nitrogens with zero attached hydrogens (tertiary/aromatic N) is 1. The van der Waals surface area contributed by atoms with Crippen molar-refractivity contribution in [3.05, 3.63) is 88.7 Å². The van der Waals surface area contributed by atoms with Gasteiger partial charge in [0, 0.05) is 25.5 Å². The van der Waals surface area contributed by atoms with E-state index >= 15 is 0 Å². The molecule has 1 aliphatic carbocycles. The molecule has 0 radical (unpaired) electrons. The van der Waals surface area contributed by atoms with Gasteiger partial charge in [0.05, 0.1) is 10.7 Å². The van der Waals surface area contributed by atoms with E-state index < -0.39 is 11.6 Å². The van der Waals surface area contributed by atoms with Crippen LogP contribution < -0.4 is 14.8 Å². The molecule has 32 heavy (non-hydrogen) atoms. The molecule has 2 unspecified atom stereocenters. The number of amides is 1. The molecule has 1 fully saturated rings. The minimum Gasteiger partial charge on any atom is -0.423 e. The third-order valence-electron chi connectivity index (χ3n) is 5.78. The lowest BCUT2D eigenvalue weighted by molar-refractivity contribution is -0.173. The molecule has 1 aliphatic heterocycles. The summed E-state index contributed by atoms with van der Waals surface area (Å²) in [5, 5.41) is 3.77. The molecular formula is C25H22ClFN2O3. The van der Waals surface area contributed by atoms with Gasteiger partial charge in [0.1, 0.15) is 5.54 Å². The molecule has 2 atom stereocenters. The number of hydrogen-bond acceptors (Lipinski definition) is 4. The lowest BCUT2D eigenvalue weighted by Gasteiger charge is -2.35. The van der Waals surface area contributed by atoms with Crippen LogP contribution in [0.15, 0.2) is 66.9 Å². The largest absolute Gasteiger partial charge is 0.423 e. The topological polar surface area (TPSA) is 60.5 Å². The normalized spacial score (nSPS) is 21.1. The number of hydrogen-bond donors (Lipinski definition) is 1. The van der Waals surface area contributed by atoms with Crippen molar-refractivity contribution in [2.75, 3.05) is 0 Å². The molecule has 2 aromatic carbocycles. The Balaban J connectivity index is 1.67. The van der Waals surface area contributed by atoms with Crippen molar-refractivity contribution in [1.82, 2.24) is 10.3 Å². The fraction of sp³-hybridized carbons (Fsp3) is 0.280. The smallest absolute Gasteiger partial charge is 0.404 e. The molecular weight excluding hydrogens is 431 g/mol. The second-order valence-corrected chi connectivity index (χ2v) is 8.83. The maximum atomic E-state index is 14.3. The van der Waals surface area contributed by atoms with E-state index in [2.05, 4.69) is 10.3 Å². The SMILES string of the molecule is CC1(F)Oc2ccc(C(Cc3ccccc3)(NC(=O)C3CC3)c3ccc(Cl)cn3)cc2O1. The van der Waals surface area contributed by atoms with Gasteiger partial charge in [0.2, 0.25) is 5.91 Å². The third kappa shape index (κ3) is 4.02. The number of halogens is 2. The Morgan fingerprint density at radius 2 is 1.91 bits per heavy atom. The first-order valence-electron chi connectivity index (χ1n) is 10.5. The van der Waals surface area contributed by atoms with E-state index in [0.29, 0.717) is 28.5 Å². The highest BCUT2D eigenvalue weighted by atomic mass is 35.5. The standard InChI is InChI=1S/C25H22ClFN2O3/c1-24(27)31-20-11-9-18(13-21(20)32-24)25(29-23(30)17-7-8-17,14-16-5-3-2-4-6-16)22-12-10-19(26)15-28-22/h2-6,9-13,15,17H,7-8,14H2,1H3,(H,29,30). The van der Waals surface area contributed by atoms with Crippen LogP contribution in [0.2, 0.25) is 5.02 Å². The summed E-state index contributed by atoms with van der Waals surface area (Å²) in [5.41, 5.74) is 1.33. The number of fused-ring (bicyclic) bond motifs is 1. The van der Waals surface area contributed by atoms with Gasteiger partial charge in [-0.25, -0.2) is 0 Å². The van der Waals surface area contributed by atoms with Crippen LogP contribution in [0.5, 0.6) is 11.5 Å². The van der Waals surface area contributed by atoms with Crippen LogP contribution in [-0.4, -0.2) is 16.9 Å². The lowest BCUT2D eigenvalue weighted by Crippen LogP contribution is -2.49. The van der Waals surface area contributed by atoms with Crippen LogP contribution in [-0.2, 0) is 16.8 Å². The molecule has 0 spiro atoms. The van der Waals surface area contributed by atoms with E-state index in [9.17, 15) is 9.18 Å². The summed E-state index contributed by atoms with van der Waals surface area (Å²) in [5.74, 6) is 0.538. The van der Waals surface area contributed by atoms with Crippen LogP contribution >= 0.6 is 11.6 Å². The van der Waals surface area contributed by atoms with Crippen LogP contribution in [0, 0.1) is 5.92 Å². The molecule has 5 rings (SSSR count). The molecule has 5 nitrogen and oxygen atoms in total. The van der Waals surface area contributed by atoms with E-state index in [1.54, 1.807) is 24.4 Å². The monoisotopic (exact) mass is 452 g/mol. The van der Waals surface area contributed by atoms with Crippen molar-refractivity contribution in [3.63, 3.8) is 0 Å². The Kier molecular flexibility index (Phi) is 5.05. The maximum absolute atomic E-state index is 14.3. The average Bonchev–Trinajstić information content (AvgIpc) is 3.56. The first-order valence-corrected chi connectivity index (χ1v) is 10.9. The van der Waals surface area contributed by atoms with E-state index in [1.807, 2.05) is 42.5 Å². The van der Waals surface area contributed by atoms with Gasteiger partial charge in [-0.2, -0.15) is 4.39 Å². The number of ether oxygens (including phenoxy) is 2. The minimum absolute atomic E-state index is 0.0133. The van der Waals surface area contributed by atoms with Crippen molar-refractivity contribution in [2.24, 2.45) is 5.92 Å². The number of carbonyl (C=O) groups is 1. The van der Waals surface area contributed by atoms with Gasteiger partial charge < -0.3 is 14.8 Å². The van der Waals surface area contributed by atoms with E-state index in [1.165, 1.54) is 6.92 Å². The summed E-state index contributed by atoms with van der Waals surface area (Å²) in [7, 11) is 0. The van der Waals surface area contributed by atoms with Gasteiger partial charge in [0.15, 0.2) is 11.5 Å². The van der Waals surface area contributed by atoms with Crippen LogP contribution in [0.3, 0.4) is 0 Å². The number of benzene rings is 2. The Morgan fingerprint density at radius 3 is 2.59 bits per heavy atom. The number of carbonyl (C=O) groups excluding carboxylic acids is 1. The quantitative estimate of drug-likeness (QED) is 0.561. The van der Waals surface area contributed by atoms with Gasteiger partial charge >= 0.3 is 6.04 Å². The summed E-state index contributed by atoms with van der Waals surface area (Å²) < 4.78 is 24.9. The highest BCUT2D eigenvalue weighted by Crippen LogP contribution is 2.44. The first kappa shape index (κ1) is 20.8. The molecule has 1 aromatic heterocycles. The molecule has 0 bridgehead atoms. The number of nitrogens with one attached hydrogen (secondary N) is 1. The second kappa shape index (κ2) is 7.78. The first-order chi connectivity index (χ1) is 15.3. The Morgan fingerprint density at radius 1 is 1.16 bits per heavy atom. The third-order valence-corrected chi connectivity index (χ3v) is 6.01. The number of aromatic nitrogens is 1. The molecule has 1 N–H and O–H groups in total. The van der Waals surface area contributed by atoms with E-state index in [4.69, 9.17) is 21.1 Å². The number of rotatable bonds is 6. The van der Waals surface area contributed by atoms with Crippen molar-refractivity contribution in [2.45, 2.75) is 37.8 Å². The van der Waals surface area contributed by atoms with Gasteiger partial charge in [-0.15, -0.1) is 0 Å². The summed E-state index contributed by atoms with van der Waals surface area (Å²) in [4.78, 5) is 17.7. The molecule has 7 heteroatoms. The lowest BCUT2D eigenvalue weighted by atomic mass is 9.80. The van der Waals surface area contributed by atoms with Gasteiger partial charge in [0.25, 0.3) is 0 Å². The Bertz CT molecular complexity index is 1150. The molecule has 2 heterocycles. The average molecular weight is 453 g/mol. The summed E-state index contributed by atoms with van der Waals surface area (Å²) in [6.07, 6.45) is 3.73. The predicted octanol–water partition coefficient (Wildman–Crippen LogP) is 5.16. The summed E-state index contributed by atoms with van der Waals surface area (Å²) in [6, 6.07) is 16.4. The fourth-order valence-corrected chi connectivity index (χ4v) is 4.17. The maximum Gasteiger partial charge on any atom is 0.404 e. The molecule has 3 aromatic rings. The Hall–Kier alpha value is -3.12. The van der Waals surface area contributed by atoms with Gasteiger partial charge in [-0.05, 0) is 48.2 Å². The zero-order valence-corrected chi connectivity index (χ0v) is 18.2. The molecule has 164 valence electrons. The van der Waals surface area contributed by atoms with Crippen molar-refractivity contribution >= 4 is 17.5 Å². The van der Waals surface area contributed by atoms with Gasteiger partial charge in [-0.3, -0.25) is 9.78 Å². The number of pyridine rings is 1. The van der Waals surface area contributed by atoms with Crippen LogP contribution in [0.1, 0.15) is 36.6 Å². The predicted molar refractivity (Wildman–Crippen MR) is 118 cm³/mol. The zero-order valence-electron chi connectivity index (χ0n) is 17.5.